The monoisotopic (exact) mass is 446 g/mol. The molecule has 14 heteroatoms. The van der Waals surface area contributed by atoms with Gasteiger partial charge in [-0.2, -0.15) is 0 Å². The first kappa shape index (κ1) is 27.7. The summed E-state index contributed by atoms with van der Waals surface area (Å²) in [7, 11) is 0. The van der Waals surface area contributed by atoms with Gasteiger partial charge in [0.25, 0.3) is 0 Å². The third-order valence-electron chi connectivity index (χ3n) is 3.93. The Hall–Kier alpha value is -3.26. The predicted octanol–water partition coefficient (Wildman–Crippen LogP) is -4.36. The molecule has 176 valence electrons. The van der Waals surface area contributed by atoms with E-state index in [1.165, 1.54) is 0 Å². The van der Waals surface area contributed by atoms with E-state index in [0.717, 1.165) is 0 Å². The number of aliphatic hydroxyl groups excluding tert-OH is 1. The van der Waals surface area contributed by atoms with E-state index >= 15 is 0 Å². The number of nitrogens with one attached hydrogen (secondary N) is 3. The van der Waals surface area contributed by atoms with Crippen molar-refractivity contribution in [1.29, 1.82) is 0 Å². The van der Waals surface area contributed by atoms with E-state index in [2.05, 4.69) is 10.6 Å². The Morgan fingerprint density at radius 3 is 1.65 bits per heavy atom. The maximum Gasteiger partial charge on any atom is 0.328 e. The van der Waals surface area contributed by atoms with Crippen molar-refractivity contribution in [2.45, 2.75) is 57.3 Å². The zero-order valence-electron chi connectivity index (χ0n) is 17.3. The van der Waals surface area contributed by atoms with Crippen LogP contribution in [-0.2, 0) is 28.8 Å². The highest BCUT2D eigenvalue weighted by Gasteiger charge is 2.31. The molecule has 0 rings (SSSR count). The number of amides is 5. The van der Waals surface area contributed by atoms with Crippen LogP contribution in [0.25, 0.3) is 0 Å². The highest BCUT2D eigenvalue weighted by molar-refractivity contribution is 5.96. The number of hydrogen-bond donors (Lipinski definition) is 8. The van der Waals surface area contributed by atoms with Crippen LogP contribution in [0.3, 0.4) is 0 Å². The summed E-state index contributed by atoms with van der Waals surface area (Å²) in [6.45, 7) is 2.58. The third kappa shape index (κ3) is 10.9. The van der Waals surface area contributed by atoms with Crippen molar-refractivity contribution in [3.8, 4) is 0 Å². The van der Waals surface area contributed by atoms with Crippen LogP contribution in [0.15, 0.2) is 0 Å². The van der Waals surface area contributed by atoms with Crippen LogP contribution in [0.2, 0.25) is 0 Å². The fourth-order valence-corrected chi connectivity index (χ4v) is 2.43. The number of primary amides is 2. The van der Waals surface area contributed by atoms with Crippen molar-refractivity contribution in [3.63, 3.8) is 0 Å². The minimum absolute atomic E-state index is 0.0994. The molecule has 0 heterocycles. The standard InChI is InChI=1S/C17H30N6O8/c1-7(2)3-9(21-14(27)8(18)4-12(19)25)15(28)22-10(5-13(20)26)16(29)23-11(6-24)17(30)31/h7-11,24H,3-6,18H2,1-2H3,(H2,19,25)(H2,20,26)(H,21,27)(H,22,28)(H,23,29)(H,30,31). The summed E-state index contributed by atoms with van der Waals surface area (Å²) in [5, 5.41) is 24.5. The van der Waals surface area contributed by atoms with E-state index in [-0.39, 0.29) is 12.3 Å². The van der Waals surface area contributed by atoms with Gasteiger partial charge in [-0.1, -0.05) is 13.8 Å². The summed E-state index contributed by atoms with van der Waals surface area (Å²) in [4.78, 5) is 70.4. The topological polar surface area (TPSA) is 257 Å². The summed E-state index contributed by atoms with van der Waals surface area (Å²) < 4.78 is 0. The van der Waals surface area contributed by atoms with Crippen molar-refractivity contribution in [2.24, 2.45) is 23.1 Å². The number of carboxylic acid groups (broad SMARTS) is 1. The first-order chi connectivity index (χ1) is 14.3. The zero-order chi connectivity index (χ0) is 24.3. The summed E-state index contributed by atoms with van der Waals surface area (Å²) in [5.74, 6) is -6.20. The van der Waals surface area contributed by atoms with Crippen molar-refractivity contribution in [2.75, 3.05) is 6.61 Å². The van der Waals surface area contributed by atoms with Gasteiger partial charge in [0.1, 0.15) is 18.1 Å². The predicted molar refractivity (Wildman–Crippen MR) is 106 cm³/mol. The minimum atomic E-state index is -1.67. The van der Waals surface area contributed by atoms with Crippen LogP contribution >= 0.6 is 0 Å². The maximum atomic E-state index is 12.7. The van der Waals surface area contributed by atoms with Crippen LogP contribution in [0, 0.1) is 5.92 Å². The van der Waals surface area contributed by atoms with E-state index in [0.29, 0.717) is 0 Å². The summed E-state index contributed by atoms with van der Waals surface area (Å²) in [5.41, 5.74) is 15.6. The molecule has 14 nitrogen and oxygen atoms in total. The molecule has 0 radical (unpaired) electrons. The van der Waals surface area contributed by atoms with Crippen LogP contribution in [0.4, 0.5) is 0 Å². The van der Waals surface area contributed by atoms with Crippen LogP contribution in [0.1, 0.15) is 33.1 Å². The number of hydrogen-bond acceptors (Lipinski definition) is 8. The molecular weight excluding hydrogens is 416 g/mol. The fourth-order valence-electron chi connectivity index (χ4n) is 2.43. The lowest BCUT2D eigenvalue weighted by molar-refractivity contribution is -0.143. The van der Waals surface area contributed by atoms with Gasteiger partial charge in [0.2, 0.25) is 29.5 Å². The minimum Gasteiger partial charge on any atom is -0.480 e. The van der Waals surface area contributed by atoms with Gasteiger partial charge < -0.3 is 43.4 Å². The second kappa shape index (κ2) is 13.1. The van der Waals surface area contributed by atoms with Gasteiger partial charge in [-0.3, -0.25) is 24.0 Å². The molecule has 0 aliphatic rings. The number of aliphatic hydroxyl groups is 1. The third-order valence-corrected chi connectivity index (χ3v) is 3.93. The molecule has 0 aliphatic carbocycles. The second-order valence-electron chi connectivity index (χ2n) is 7.28. The van der Waals surface area contributed by atoms with E-state index < -0.39 is 79.1 Å². The van der Waals surface area contributed by atoms with Crippen LogP contribution < -0.4 is 33.2 Å². The first-order valence-electron chi connectivity index (χ1n) is 9.35. The number of rotatable bonds is 14. The van der Waals surface area contributed by atoms with Gasteiger partial charge in [-0.25, -0.2) is 4.79 Å². The number of carboxylic acids is 1. The molecular formula is C17H30N6O8. The molecule has 4 unspecified atom stereocenters. The van der Waals surface area contributed by atoms with E-state index in [4.69, 9.17) is 27.4 Å². The largest absolute Gasteiger partial charge is 0.480 e. The van der Waals surface area contributed by atoms with Gasteiger partial charge in [0, 0.05) is 0 Å². The van der Waals surface area contributed by atoms with Crippen LogP contribution in [0.5, 0.6) is 0 Å². The quantitative estimate of drug-likeness (QED) is 0.128. The average Bonchev–Trinajstić information content (AvgIpc) is 2.62. The van der Waals surface area contributed by atoms with Gasteiger partial charge in [0.15, 0.2) is 0 Å². The Morgan fingerprint density at radius 1 is 0.774 bits per heavy atom. The summed E-state index contributed by atoms with van der Waals surface area (Å²) in [6, 6.07) is -5.73. The van der Waals surface area contributed by atoms with Crippen molar-refractivity contribution >= 4 is 35.5 Å². The number of aliphatic carboxylic acids is 1. The van der Waals surface area contributed by atoms with E-state index in [1.807, 2.05) is 5.32 Å². The lowest BCUT2D eigenvalue weighted by Gasteiger charge is -2.25. The lowest BCUT2D eigenvalue weighted by atomic mass is 10.0. The molecule has 0 fully saturated rings. The second-order valence-corrected chi connectivity index (χ2v) is 7.28. The summed E-state index contributed by atoms with van der Waals surface area (Å²) >= 11 is 0. The zero-order valence-corrected chi connectivity index (χ0v) is 17.3. The molecule has 0 bridgehead atoms. The van der Waals surface area contributed by atoms with Gasteiger partial charge in [-0.15, -0.1) is 0 Å². The number of carbonyl (C=O) groups is 6. The van der Waals surface area contributed by atoms with Crippen LogP contribution in [-0.4, -0.2) is 76.5 Å². The molecule has 0 aliphatic heterocycles. The normalized spacial score (nSPS) is 14.6. The molecule has 0 aromatic heterocycles. The van der Waals surface area contributed by atoms with E-state index in [1.54, 1.807) is 13.8 Å². The van der Waals surface area contributed by atoms with Crippen molar-refractivity contribution < 1.29 is 39.0 Å². The van der Waals surface area contributed by atoms with Gasteiger partial charge in [0.05, 0.1) is 25.5 Å². The Bertz CT molecular complexity index is 698. The van der Waals surface area contributed by atoms with Crippen molar-refractivity contribution in [3.05, 3.63) is 0 Å². The number of carbonyl (C=O) groups excluding carboxylic acids is 5. The van der Waals surface area contributed by atoms with Gasteiger partial charge >= 0.3 is 5.97 Å². The van der Waals surface area contributed by atoms with Crippen molar-refractivity contribution in [1.82, 2.24) is 16.0 Å². The molecule has 0 aromatic carbocycles. The Balaban J connectivity index is 5.45. The molecule has 11 N–H and O–H groups in total. The Labute approximate surface area is 178 Å². The lowest BCUT2D eigenvalue weighted by Crippen LogP contribution is -2.58. The smallest absolute Gasteiger partial charge is 0.328 e. The molecule has 0 aromatic rings. The first-order valence-corrected chi connectivity index (χ1v) is 9.35. The summed E-state index contributed by atoms with van der Waals surface area (Å²) in [6.07, 6.45) is -1.01. The number of nitrogens with two attached hydrogens (primary N) is 3. The molecule has 0 spiro atoms. The molecule has 31 heavy (non-hydrogen) atoms. The SMILES string of the molecule is CC(C)CC(NC(=O)C(N)CC(N)=O)C(=O)NC(CC(N)=O)C(=O)NC(CO)C(=O)O. The molecule has 5 amide bonds. The Morgan fingerprint density at radius 2 is 1.23 bits per heavy atom. The highest BCUT2D eigenvalue weighted by atomic mass is 16.4. The van der Waals surface area contributed by atoms with Gasteiger partial charge in [-0.05, 0) is 12.3 Å². The molecule has 4 atom stereocenters. The molecule has 0 saturated heterocycles. The van der Waals surface area contributed by atoms with E-state index in [9.17, 15) is 28.8 Å². The highest BCUT2D eigenvalue weighted by Crippen LogP contribution is 2.07. The maximum absolute atomic E-state index is 12.7. The Kier molecular flexibility index (Phi) is 11.7. The average molecular weight is 446 g/mol. The fraction of sp³-hybridized carbons (Fsp3) is 0.647. The molecule has 0 saturated carbocycles.